The molecule has 0 spiro atoms. The van der Waals surface area contributed by atoms with E-state index in [1.54, 1.807) is 11.5 Å². The van der Waals surface area contributed by atoms with Crippen LogP contribution in [0.3, 0.4) is 0 Å². The van der Waals surface area contributed by atoms with E-state index in [4.69, 9.17) is 5.21 Å². The molecule has 0 unspecified atom stereocenters. The third kappa shape index (κ3) is 5.16. The van der Waals surface area contributed by atoms with Crippen LogP contribution in [0.25, 0.3) is 10.4 Å². The summed E-state index contributed by atoms with van der Waals surface area (Å²) in [6.07, 6.45) is 1.73. The first-order valence-corrected chi connectivity index (χ1v) is 12.8. The van der Waals surface area contributed by atoms with Gasteiger partial charge in [0.15, 0.2) is 9.84 Å². The minimum atomic E-state index is -3.57. The summed E-state index contributed by atoms with van der Waals surface area (Å²) in [4.78, 5) is 25.5. The van der Waals surface area contributed by atoms with Gasteiger partial charge in [0.1, 0.15) is 4.75 Å². The number of carbonyl (C=O) groups is 2. The van der Waals surface area contributed by atoms with Crippen LogP contribution in [0.15, 0.2) is 36.4 Å². The van der Waals surface area contributed by atoms with E-state index in [0.717, 1.165) is 10.4 Å². The summed E-state index contributed by atoms with van der Waals surface area (Å²) < 4.78 is 24.8. The summed E-state index contributed by atoms with van der Waals surface area (Å²) in [5.41, 5.74) is 3.12. The number of rotatable bonds is 7. The van der Waals surface area contributed by atoms with Crippen molar-refractivity contribution in [1.82, 2.24) is 5.48 Å². The van der Waals surface area contributed by atoms with Gasteiger partial charge in [-0.15, -0.1) is 11.3 Å². The van der Waals surface area contributed by atoms with Gasteiger partial charge in [-0.1, -0.05) is 32.4 Å². The van der Waals surface area contributed by atoms with Crippen LogP contribution in [-0.4, -0.2) is 31.2 Å². The Balaban J connectivity index is 1.93. The molecule has 3 N–H and O–H groups in total. The summed E-state index contributed by atoms with van der Waals surface area (Å²) in [6, 6.07) is 11.0. The average Bonchev–Trinajstić information content (AvgIpc) is 3.19. The highest BCUT2D eigenvalue weighted by atomic mass is 32.2. The predicted octanol–water partition coefficient (Wildman–Crippen LogP) is 4.09. The number of hydrogen-bond acceptors (Lipinski definition) is 6. The van der Waals surface area contributed by atoms with Crippen molar-refractivity contribution < 1.29 is 23.2 Å². The molecule has 1 aromatic carbocycles. The Hall–Kier alpha value is -2.23. The summed E-state index contributed by atoms with van der Waals surface area (Å²) in [6.45, 7) is 3.96. The fourth-order valence-corrected chi connectivity index (χ4v) is 7.76. The maximum absolute atomic E-state index is 13.1. The van der Waals surface area contributed by atoms with Crippen molar-refractivity contribution in [3.8, 4) is 10.4 Å². The number of thiophene rings is 1. The number of hydrogen-bond donors (Lipinski definition) is 3. The Labute approximate surface area is 186 Å². The SMILES string of the molecule is CC(C)CC(=O)Nc1cccc(-c2ccc([C@@]3(CC(=O)NO)CCCCS3(=O)=O)s2)c1. The first-order chi connectivity index (χ1) is 14.7. The van der Waals surface area contributed by atoms with Crippen LogP contribution in [0.2, 0.25) is 0 Å². The van der Waals surface area contributed by atoms with Crippen LogP contribution in [0.1, 0.15) is 50.8 Å². The quantitative estimate of drug-likeness (QED) is 0.422. The molecule has 3 rings (SSSR count). The normalized spacial score (nSPS) is 20.4. The average molecular weight is 465 g/mol. The molecule has 0 bridgehead atoms. The maximum Gasteiger partial charge on any atom is 0.245 e. The molecule has 1 aliphatic rings. The van der Waals surface area contributed by atoms with E-state index in [1.165, 1.54) is 11.3 Å². The van der Waals surface area contributed by atoms with Crippen LogP contribution in [0, 0.1) is 5.92 Å². The van der Waals surface area contributed by atoms with Crippen LogP contribution in [0.4, 0.5) is 5.69 Å². The third-order valence-electron chi connectivity index (χ3n) is 5.49. The van der Waals surface area contributed by atoms with Crippen LogP contribution >= 0.6 is 11.3 Å². The predicted molar refractivity (Wildman–Crippen MR) is 122 cm³/mol. The lowest BCUT2D eigenvalue weighted by Crippen LogP contribution is -2.43. The number of hydroxylamine groups is 1. The number of anilines is 1. The molecule has 31 heavy (non-hydrogen) atoms. The van der Waals surface area contributed by atoms with E-state index in [2.05, 4.69) is 5.32 Å². The topological polar surface area (TPSA) is 113 Å². The van der Waals surface area contributed by atoms with Gasteiger partial charge >= 0.3 is 0 Å². The van der Waals surface area contributed by atoms with Gasteiger partial charge in [-0.05, 0) is 48.6 Å². The lowest BCUT2D eigenvalue weighted by Gasteiger charge is -2.35. The maximum atomic E-state index is 13.1. The van der Waals surface area contributed by atoms with Crippen LogP contribution in [-0.2, 0) is 24.2 Å². The minimum Gasteiger partial charge on any atom is -0.326 e. The van der Waals surface area contributed by atoms with E-state index >= 15 is 0 Å². The lowest BCUT2D eigenvalue weighted by atomic mass is 9.94. The van der Waals surface area contributed by atoms with Gasteiger partial charge in [0.05, 0.1) is 12.2 Å². The Bertz CT molecular complexity index is 1060. The second-order valence-electron chi connectivity index (χ2n) is 8.37. The van der Waals surface area contributed by atoms with Crippen molar-refractivity contribution in [2.45, 2.75) is 50.7 Å². The number of amides is 2. The smallest absolute Gasteiger partial charge is 0.245 e. The Morgan fingerprint density at radius 3 is 2.61 bits per heavy atom. The number of sulfone groups is 1. The molecular formula is C22H28N2O5S2. The number of carbonyl (C=O) groups excluding carboxylic acids is 2. The van der Waals surface area contributed by atoms with Gasteiger partial charge in [-0.25, -0.2) is 13.9 Å². The highest BCUT2D eigenvalue weighted by molar-refractivity contribution is 7.92. The summed E-state index contributed by atoms with van der Waals surface area (Å²) in [7, 11) is -3.57. The molecular weight excluding hydrogens is 436 g/mol. The standard InChI is InChI=1S/C22H28N2O5S2/c1-15(2)12-20(25)23-17-7-5-6-16(13-17)18-8-9-19(30-18)22(14-21(26)24-27)10-3-4-11-31(22,28)29/h5-9,13,15,27H,3-4,10-12,14H2,1-2H3,(H,23,25)(H,24,26)/t22-/m0/s1. The lowest BCUT2D eigenvalue weighted by molar-refractivity contribution is -0.130. The second-order valence-corrected chi connectivity index (χ2v) is 11.9. The Morgan fingerprint density at radius 1 is 1.16 bits per heavy atom. The Morgan fingerprint density at radius 2 is 1.94 bits per heavy atom. The molecule has 1 fully saturated rings. The second kappa shape index (κ2) is 9.50. The molecule has 0 aliphatic carbocycles. The fraction of sp³-hybridized carbons (Fsp3) is 0.455. The molecule has 0 radical (unpaired) electrons. The Kier molecular flexibility index (Phi) is 7.18. The van der Waals surface area contributed by atoms with Crippen LogP contribution < -0.4 is 10.8 Å². The van der Waals surface area contributed by atoms with Crippen molar-refractivity contribution in [3.63, 3.8) is 0 Å². The molecule has 9 heteroatoms. The molecule has 2 heterocycles. The molecule has 2 aromatic rings. The van der Waals surface area contributed by atoms with E-state index in [0.29, 0.717) is 36.2 Å². The summed E-state index contributed by atoms with van der Waals surface area (Å²) >= 11 is 1.33. The largest absolute Gasteiger partial charge is 0.326 e. The highest BCUT2D eigenvalue weighted by Gasteiger charge is 2.49. The fourth-order valence-electron chi connectivity index (χ4n) is 3.99. The molecule has 1 saturated heterocycles. The van der Waals surface area contributed by atoms with Gasteiger partial charge in [-0.2, -0.15) is 0 Å². The zero-order chi connectivity index (χ0) is 22.6. The molecule has 1 aliphatic heterocycles. The molecule has 1 atom stereocenters. The first-order valence-electron chi connectivity index (χ1n) is 10.3. The monoisotopic (exact) mass is 464 g/mol. The van der Waals surface area contributed by atoms with E-state index in [-0.39, 0.29) is 24.0 Å². The van der Waals surface area contributed by atoms with Gasteiger partial charge < -0.3 is 5.32 Å². The first kappa shape index (κ1) is 23.4. The van der Waals surface area contributed by atoms with Crippen molar-refractivity contribution >= 4 is 38.7 Å². The van der Waals surface area contributed by atoms with E-state index in [9.17, 15) is 18.0 Å². The van der Waals surface area contributed by atoms with Crippen molar-refractivity contribution in [2.24, 2.45) is 5.92 Å². The molecule has 1 aromatic heterocycles. The van der Waals surface area contributed by atoms with Gasteiger partial charge in [-0.3, -0.25) is 14.8 Å². The van der Waals surface area contributed by atoms with Gasteiger partial charge in [0.25, 0.3) is 0 Å². The van der Waals surface area contributed by atoms with Gasteiger partial charge in [0.2, 0.25) is 11.8 Å². The van der Waals surface area contributed by atoms with E-state index < -0.39 is 20.5 Å². The third-order valence-corrected chi connectivity index (χ3v) is 9.54. The summed E-state index contributed by atoms with van der Waals surface area (Å²) in [5, 5.41) is 11.9. The zero-order valence-electron chi connectivity index (χ0n) is 17.7. The highest BCUT2D eigenvalue weighted by Crippen LogP contribution is 2.47. The van der Waals surface area contributed by atoms with Crippen LogP contribution in [0.5, 0.6) is 0 Å². The molecule has 0 saturated carbocycles. The van der Waals surface area contributed by atoms with Gasteiger partial charge in [0, 0.05) is 21.9 Å². The number of nitrogens with one attached hydrogen (secondary N) is 2. The number of benzene rings is 1. The zero-order valence-corrected chi connectivity index (χ0v) is 19.3. The van der Waals surface area contributed by atoms with Crippen molar-refractivity contribution in [3.05, 3.63) is 41.3 Å². The van der Waals surface area contributed by atoms with Crippen molar-refractivity contribution in [1.29, 1.82) is 0 Å². The van der Waals surface area contributed by atoms with Crippen molar-refractivity contribution in [2.75, 3.05) is 11.1 Å². The van der Waals surface area contributed by atoms with E-state index in [1.807, 2.05) is 44.2 Å². The minimum absolute atomic E-state index is 0.0241. The molecule has 2 amide bonds. The summed E-state index contributed by atoms with van der Waals surface area (Å²) in [5.74, 6) is -0.486. The molecule has 7 nitrogen and oxygen atoms in total. The molecule has 168 valence electrons.